The fraction of sp³-hybridized carbons (Fsp3) is 0.333. The van der Waals surface area contributed by atoms with E-state index in [0.29, 0.717) is 0 Å². The maximum Gasteiger partial charge on any atom is 0.413 e. The Labute approximate surface area is 123 Å². The number of thiophene rings is 1. The standard InChI is InChI=1S/C12H13N3O5S/c1-13-12(19)20-11-6(4-5-21-11)9(17)14-7-2-3-8(16)15-10(7)18/h4-5,7H,2-3H2,1H3,(H,13,19)(H,14,17)(H,15,16,18). The summed E-state index contributed by atoms with van der Waals surface area (Å²) in [5.74, 6) is -1.43. The van der Waals surface area contributed by atoms with E-state index >= 15 is 0 Å². The van der Waals surface area contributed by atoms with Gasteiger partial charge in [-0.2, -0.15) is 0 Å². The van der Waals surface area contributed by atoms with Gasteiger partial charge in [0.15, 0.2) is 5.06 Å². The lowest BCUT2D eigenvalue weighted by molar-refractivity contribution is -0.134. The van der Waals surface area contributed by atoms with E-state index in [1.807, 2.05) is 0 Å². The Kier molecular flexibility index (Phi) is 4.53. The van der Waals surface area contributed by atoms with E-state index < -0.39 is 23.9 Å². The zero-order chi connectivity index (χ0) is 15.4. The molecule has 0 bridgehead atoms. The molecule has 1 aliphatic heterocycles. The third kappa shape index (κ3) is 3.57. The molecule has 2 rings (SSSR count). The van der Waals surface area contributed by atoms with Gasteiger partial charge in [0, 0.05) is 13.5 Å². The zero-order valence-electron chi connectivity index (χ0n) is 11.1. The molecule has 4 amide bonds. The van der Waals surface area contributed by atoms with Crippen LogP contribution in [0.3, 0.4) is 0 Å². The van der Waals surface area contributed by atoms with Crippen molar-refractivity contribution in [1.29, 1.82) is 0 Å². The van der Waals surface area contributed by atoms with E-state index in [1.54, 1.807) is 5.38 Å². The van der Waals surface area contributed by atoms with Gasteiger partial charge < -0.3 is 15.4 Å². The highest BCUT2D eigenvalue weighted by molar-refractivity contribution is 7.12. The molecule has 1 aromatic rings. The molecule has 21 heavy (non-hydrogen) atoms. The molecule has 1 saturated heterocycles. The summed E-state index contributed by atoms with van der Waals surface area (Å²) < 4.78 is 4.94. The second-order valence-electron chi connectivity index (χ2n) is 4.24. The Bertz CT molecular complexity index is 597. The first-order chi connectivity index (χ1) is 10.0. The van der Waals surface area contributed by atoms with Crippen molar-refractivity contribution in [1.82, 2.24) is 16.0 Å². The predicted molar refractivity (Wildman–Crippen MR) is 73.0 cm³/mol. The second-order valence-corrected chi connectivity index (χ2v) is 5.12. The van der Waals surface area contributed by atoms with Crippen LogP contribution >= 0.6 is 11.3 Å². The largest absolute Gasteiger partial charge is 0.413 e. The van der Waals surface area contributed by atoms with Crippen LogP contribution in [-0.4, -0.2) is 36.9 Å². The first-order valence-electron chi connectivity index (χ1n) is 6.13. The normalized spacial score (nSPS) is 17.9. The molecule has 1 aromatic heterocycles. The molecule has 3 N–H and O–H groups in total. The van der Waals surface area contributed by atoms with Crippen molar-refractivity contribution in [3.8, 4) is 5.06 Å². The van der Waals surface area contributed by atoms with E-state index in [1.165, 1.54) is 13.1 Å². The van der Waals surface area contributed by atoms with Crippen LogP contribution in [0.1, 0.15) is 23.2 Å². The van der Waals surface area contributed by atoms with Gasteiger partial charge in [0.1, 0.15) is 6.04 Å². The summed E-state index contributed by atoms with van der Waals surface area (Å²) in [6.45, 7) is 0. The molecule has 1 aliphatic rings. The highest BCUT2D eigenvalue weighted by Gasteiger charge is 2.29. The van der Waals surface area contributed by atoms with Gasteiger partial charge in [0.05, 0.1) is 5.56 Å². The van der Waals surface area contributed by atoms with Crippen LogP contribution in [0.25, 0.3) is 0 Å². The molecule has 0 radical (unpaired) electrons. The van der Waals surface area contributed by atoms with E-state index in [0.717, 1.165) is 11.3 Å². The van der Waals surface area contributed by atoms with Gasteiger partial charge in [-0.25, -0.2) is 4.79 Å². The van der Waals surface area contributed by atoms with Gasteiger partial charge in [-0.15, -0.1) is 11.3 Å². The zero-order valence-corrected chi connectivity index (χ0v) is 11.9. The van der Waals surface area contributed by atoms with Crippen LogP contribution in [-0.2, 0) is 9.59 Å². The van der Waals surface area contributed by atoms with Crippen molar-refractivity contribution in [3.63, 3.8) is 0 Å². The Morgan fingerprint density at radius 3 is 2.86 bits per heavy atom. The van der Waals surface area contributed by atoms with Crippen molar-refractivity contribution >= 4 is 35.2 Å². The number of hydrogen-bond acceptors (Lipinski definition) is 6. The smallest absolute Gasteiger partial charge is 0.398 e. The molecule has 1 atom stereocenters. The number of carbonyl (C=O) groups excluding carboxylic acids is 4. The minimum atomic E-state index is -0.775. The number of imide groups is 1. The summed E-state index contributed by atoms with van der Waals surface area (Å²) in [4.78, 5) is 45.9. The van der Waals surface area contributed by atoms with Gasteiger partial charge in [-0.3, -0.25) is 19.7 Å². The lowest BCUT2D eigenvalue weighted by Gasteiger charge is -2.21. The van der Waals surface area contributed by atoms with Gasteiger partial charge >= 0.3 is 6.09 Å². The number of nitrogens with one attached hydrogen (secondary N) is 3. The predicted octanol–water partition coefficient (Wildman–Crippen LogP) is 0.00130. The maximum atomic E-state index is 12.1. The highest BCUT2D eigenvalue weighted by atomic mass is 32.1. The molecule has 1 unspecified atom stereocenters. The van der Waals surface area contributed by atoms with E-state index in [-0.39, 0.29) is 29.4 Å². The lowest BCUT2D eigenvalue weighted by atomic mass is 10.1. The summed E-state index contributed by atoms with van der Waals surface area (Å²) in [5.41, 5.74) is 0.160. The quantitative estimate of drug-likeness (QED) is 0.680. The molecule has 0 aromatic carbocycles. The van der Waals surface area contributed by atoms with Crippen LogP contribution in [0.15, 0.2) is 11.4 Å². The van der Waals surface area contributed by atoms with Gasteiger partial charge in [-0.05, 0) is 17.9 Å². The van der Waals surface area contributed by atoms with Crippen LogP contribution in [0.4, 0.5) is 4.79 Å². The fourth-order valence-electron chi connectivity index (χ4n) is 1.75. The lowest BCUT2D eigenvalue weighted by Crippen LogP contribution is -2.52. The molecular weight excluding hydrogens is 298 g/mol. The molecule has 8 nitrogen and oxygen atoms in total. The summed E-state index contributed by atoms with van der Waals surface area (Å²) in [7, 11) is 1.40. The van der Waals surface area contributed by atoms with Crippen LogP contribution in [0, 0.1) is 0 Å². The van der Waals surface area contributed by atoms with Crippen molar-refractivity contribution in [3.05, 3.63) is 17.0 Å². The summed E-state index contributed by atoms with van der Waals surface area (Å²) >= 11 is 1.09. The average Bonchev–Trinajstić information content (AvgIpc) is 2.90. The number of amides is 4. The van der Waals surface area contributed by atoms with Crippen LogP contribution < -0.4 is 20.7 Å². The Morgan fingerprint density at radius 2 is 2.19 bits per heavy atom. The number of carbonyl (C=O) groups is 4. The van der Waals surface area contributed by atoms with Crippen LogP contribution in [0.2, 0.25) is 0 Å². The number of ether oxygens (including phenoxy) is 1. The molecule has 0 aliphatic carbocycles. The molecule has 2 heterocycles. The highest BCUT2D eigenvalue weighted by Crippen LogP contribution is 2.26. The summed E-state index contributed by atoms with van der Waals surface area (Å²) in [5, 5.41) is 8.67. The van der Waals surface area contributed by atoms with E-state index in [4.69, 9.17) is 4.74 Å². The van der Waals surface area contributed by atoms with Gasteiger partial charge in [-0.1, -0.05) is 0 Å². The third-order valence-electron chi connectivity index (χ3n) is 2.81. The topological polar surface area (TPSA) is 114 Å². The van der Waals surface area contributed by atoms with Crippen molar-refractivity contribution in [2.45, 2.75) is 18.9 Å². The van der Waals surface area contributed by atoms with Crippen molar-refractivity contribution in [2.24, 2.45) is 0 Å². The SMILES string of the molecule is CNC(=O)Oc1sccc1C(=O)NC1CCC(=O)NC1=O. The average molecular weight is 311 g/mol. The Morgan fingerprint density at radius 1 is 1.43 bits per heavy atom. The molecule has 1 fully saturated rings. The first-order valence-corrected chi connectivity index (χ1v) is 7.01. The number of hydrogen-bond donors (Lipinski definition) is 3. The molecule has 0 spiro atoms. The summed E-state index contributed by atoms with van der Waals surface area (Å²) in [6, 6.07) is 0.715. The third-order valence-corrected chi connectivity index (χ3v) is 3.60. The monoisotopic (exact) mass is 311 g/mol. The summed E-state index contributed by atoms with van der Waals surface area (Å²) in [6.07, 6.45) is -0.277. The second kappa shape index (κ2) is 6.35. The van der Waals surface area contributed by atoms with Gasteiger partial charge in [0.25, 0.3) is 5.91 Å². The Hall–Kier alpha value is -2.42. The van der Waals surface area contributed by atoms with Crippen LogP contribution in [0.5, 0.6) is 5.06 Å². The van der Waals surface area contributed by atoms with Crippen molar-refractivity contribution in [2.75, 3.05) is 7.05 Å². The maximum absolute atomic E-state index is 12.1. The molecular formula is C12H13N3O5S. The minimum Gasteiger partial charge on any atom is -0.398 e. The first kappa shape index (κ1) is 15.0. The minimum absolute atomic E-state index is 0.138. The Balaban J connectivity index is 2.04. The number of piperidine rings is 1. The van der Waals surface area contributed by atoms with Crippen molar-refractivity contribution < 1.29 is 23.9 Å². The van der Waals surface area contributed by atoms with Gasteiger partial charge in [0.2, 0.25) is 11.8 Å². The van der Waals surface area contributed by atoms with E-state index in [9.17, 15) is 19.2 Å². The molecule has 9 heteroatoms. The fourth-order valence-corrected chi connectivity index (χ4v) is 2.48. The molecule has 0 saturated carbocycles. The number of rotatable bonds is 3. The van der Waals surface area contributed by atoms with E-state index in [2.05, 4.69) is 16.0 Å². The molecule has 112 valence electrons.